The van der Waals surface area contributed by atoms with E-state index in [2.05, 4.69) is 10.5 Å². The zero-order valence-electron chi connectivity index (χ0n) is 13.0. The van der Waals surface area contributed by atoms with Crippen molar-refractivity contribution in [1.29, 1.82) is 0 Å². The Morgan fingerprint density at radius 3 is 2.92 bits per heavy atom. The molecule has 1 saturated heterocycles. The van der Waals surface area contributed by atoms with Crippen LogP contribution in [-0.2, 0) is 9.57 Å². The third kappa shape index (κ3) is 4.71. The summed E-state index contributed by atoms with van der Waals surface area (Å²) in [5, 5.41) is 1.12. The van der Waals surface area contributed by atoms with Crippen LogP contribution in [-0.4, -0.2) is 17.9 Å². The number of ether oxygens (including phenoxy) is 1. The number of hydrogen-bond acceptors (Lipinski definition) is 4. The lowest BCUT2D eigenvalue weighted by molar-refractivity contribution is -0.184. The smallest absolute Gasteiger partial charge is 0.183 e. The van der Waals surface area contributed by atoms with Gasteiger partial charge in [0.2, 0.25) is 0 Å². The van der Waals surface area contributed by atoms with Crippen LogP contribution < -0.4 is 5.48 Å². The Balaban J connectivity index is 1.84. The van der Waals surface area contributed by atoms with Gasteiger partial charge in [0.25, 0.3) is 0 Å². The van der Waals surface area contributed by atoms with Gasteiger partial charge in [0, 0.05) is 36.0 Å². The average molecular weight is 365 g/mol. The molecule has 1 aromatic carbocycles. The highest BCUT2D eigenvalue weighted by Crippen LogP contribution is 2.27. The van der Waals surface area contributed by atoms with Crippen molar-refractivity contribution in [2.45, 2.75) is 25.6 Å². The Kier molecular flexibility index (Phi) is 6.10. The Labute approximate surface area is 151 Å². The number of hydrogen-bond donors (Lipinski definition) is 1. The molecule has 2 heterocycles. The molecule has 0 bridgehead atoms. The van der Waals surface area contributed by atoms with Gasteiger partial charge in [-0.3, -0.25) is 10.5 Å². The van der Waals surface area contributed by atoms with Crippen LogP contribution in [0.5, 0.6) is 0 Å². The summed E-state index contributed by atoms with van der Waals surface area (Å²) in [6.45, 7) is 0.718. The lowest BCUT2D eigenvalue weighted by Gasteiger charge is -2.24. The number of nitrogens with zero attached hydrogens (tertiary/aromatic N) is 1. The van der Waals surface area contributed by atoms with Crippen molar-refractivity contribution in [1.82, 2.24) is 10.5 Å². The maximum Gasteiger partial charge on any atom is 0.183 e. The molecule has 1 aliphatic heterocycles. The molecule has 0 aliphatic carbocycles. The number of benzene rings is 1. The van der Waals surface area contributed by atoms with Crippen molar-refractivity contribution in [3.8, 4) is 0 Å². The Bertz CT molecular complexity index is 701. The van der Waals surface area contributed by atoms with Crippen molar-refractivity contribution in [2.75, 3.05) is 6.61 Å². The minimum Gasteiger partial charge on any atom is -0.350 e. The Morgan fingerprint density at radius 2 is 2.21 bits per heavy atom. The molecule has 0 saturated carbocycles. The molecule has 1 unspecified atom stereocenters. The molecule has 0 amide bonds. The van der Waals surface area contributed by atoms with E-state index in [4.69, 9.17) is 32.8 Å². The highest BCUT2D eigenvalue weighted by atomic mass is 35.5. The van der Waals surface area contributed by atoms with Crippen LogP contribution in [0.25, 0.3) is 11.8 Å². The fraction of sp³-hybridized carbons (Fsp3) is 0.278. The minimum atomic E-state index is -0.262. The van der Waals surface area contributed by atoms with Crippen LogP contribution in [0.2, 0.25) is 10.0 Å². The summed E-state index contributed by atoms with van der Waals surface area (Å²) in [7, 11) is 0. The first kappa shape index (κ1) is 17.2. The molecule has 1 atom stereocenters. The van der Waals surface area contributed by atoms with Gasteiger partial charge in [0.15, 0.2) is 6.29 Å². The average Bonchev–Trinajstić information content (AvgIpc) is 2.61. The van der Waals surface area contributed by atoms with Gasteiger partial charge in [-0.1, -0.05) is 29.3 Å². The van der Waals surface area contributed by atoms with Gasteiger partial charge in [-0.25, -0.2) is 4.84 Å². The highest BCUT2D eigenvalue weighted by molar-refractivity contribution is 6.35. The number of pyridine rings is 1. The number of aromatic nitrogens is 1. The Morgan fingerprint density at radius 1 is 1.29 bits per heavy atom. The highest BCUT2D eigenvalue weighted by Gasteiger charge is 2.16. The van der Waals surface area contributed by atoms with Crippen molar-refractivity contribution in [3.63, 3.8) is 0 Å². The van der Waals surface area contributed by atoms with Crippen molar-refractivity contribution < 1.29 is 9.57 Å². The largest absolute Gasteiger partial charge is 0.350 e. The van der Waals surface area contributed by atoms with Gasteiger partial charge in [-0.2, -0.15) is 0 Å². The number of nitrogens with one attached hydrogen (secondary N) is 1. The predicted molar refractivity (Wildman–Crippen MR) is 96.4 cm³/mol. The first-order valence-corrected chi connectivity index (χ1v) is 8.58. The summed E-state index contributed by atoms with van der Waals surface area (Å²) in [5.41, 5.74) is 5.44. The second-order valence-electron chi connectivity index (χ2n) is 5.48. The predicted octanol–water partition coefficient (Wildman–Crippen LogP) is 4.93. The molecule has 1 N–H and O–H groups in total. The van der Waals surface area contributed by atoms with Gasteiger partial charge in [-0.05, 0) is 48.7 Å². The summed E-state index contributed by atoms with van der Waals surface area (Å²) in [4.78, 5) is 9.83. The summed E-state index contributed by atoms with van der Waals surface area (Å²) in [6.07, 6.45) is 8.18. The molecule has 1 aliphatic rings. The molecule has 126 valence electrons. The number of rotatable bonds is 5. The first-order valence-electron chi connectivity index (χ1n) is 7.83. The molecular formula is C18H18Cl2N2O2. The van der Waals surface area contributed by atoms with Crippen LogP contribution >= 0.6 is 23.2 Å². The topological polar surface area (TPSA) is 43.4 Å². The van der Waals surface area contributed by atoms with Crippen LogP contribution in [0.4, 0.5) is 0 Å². The van der Waals surface area contributed by atoms with Gasteiger partial charge in [-0.15, -0.1) is 0 Å². The third-order valence-corrected chi connectivity index (χ3v) is 4.20. The summed E-state index contributed by atoms with van der Waals surface area (Å²) >= 11 is 12.3. The SMILES string of the molecule is Clc1ccc(C(=Cc2cccnc2)NOC2CCCCO2)c(Cl)c1. The van der Waals surface area contributed by atoms with Gasteiger partial charge >= 0.3 is 0 Å². The summed E-state index contributed by atoms with van der Waals surface area (Å²) < 4.78 is 5.59. The normalized spacial score (nSPS) is 18.4. The summed E-state index contributed by atoms with van der Waals surface area (Å²) in [5.74, 6) is 0. The van der Waals surface area contributed by atoms with Gasteiger partial charge < -0.3 is 4.74 Å². The molecule has 4 nitrogen and oxygen atoms in total. The van der Waals surface area contributed by atoms with Crippen molar-refractivity contribution >= 4 is 35.0 Å². The Hall–Kier alpha value is -1.59. The molecule has 6 heteroatoms. The molecule has 24 heavy (non-hydrogen) atoms. The molecule has 1 fully saturated rings. The van der Waals surface area contributed by atoms with E-state index in [1.807, 2.05) is 24.3 Å². The lowest BCUT2D eigenvalue weighted by atomic mass is 10.1. The van der Waals surface area contributed by atoms with E-state index < -0.39 is 0 Å². The molecule has 3 rings (SSSR count). The standard InChI is InChI=1S/C18H18Cl2N2O2/c19-14-6-7-15(16(20)11-14)17(10-13-4-3-8-21-12-13)22-24-18-5-1-2-9-23-18/h3-4,6-8,10-12,18,22H,1-2,5,9H2. The van der Waals surface area contributed by atoms with E-state index in [0.717, 1.165) is 42.7 Å². The van der Waals surface area contributed by atoms with Crippen LogP contribution in [0, 0.1) is 0 Å². The van der Waals surface area contributed by atoms with E-state index in [0.29, 0.717) is 10.0 Å². The van der Waals surface area contributed by atoms with E-state index in [1.165, 1.54) is 0 Å². The molecule has 0 radical (unpaired) electrons. The first-order chi connectivity index (χ1) is 11.7. The quantitative estimate of drug-likeness (QED) is 0.763. The van der Waals surface area contributed by atoms with Gasteiger partial charge in [0.1, 0.15) is 0 Å². The van der Waals surface area contributed by atoms with Crippen molar-refractivity contribution in [2.24, 2.45) is 0 Å². The molecule has 2 aromatic rings. The molecule has 1 aromatic heterocycles. The molecule has 0 spiro atoms. The van der Waals surface area contributed by atoms with E-state index in [9.17, 15) is 0 Å². The van der Waals surface area contributed by atoms with Crippen LogP contribution in [0.3, 0.4) is 0 Å². The third-order valence-electron chi connectivity index (χ3n) is 3.65. The zero-order valence-corrected chi connectivity index (χ0v) is 14.6. The van der Waals surface area contributed by atoms with Crippen LogP contribution in [0.15, 0.2) is 42.7 Å². The van der Waals surface area contributed by atoms with Crippen LogP contribution in [0.1, 0.15) is 30.4 Å². The second kappa shape index (κ2) is 8.49. The second-order valence-corrected chi connectivity index (χ2v) is 6.33. The lowest BCUT2D eigenvalue weighted by Crippen LogP contribution is -2.28. The minimum absolute atomic E-state index is 0.262. The fourth-order valence-electron chi connectivity index (χ4n) is 2.43. The van der Waals surface area contributed by atoms with E-state index in [-0.39, 0.29) is 6.29 Å². The fourth-order valence-corrected chi connectivity index (χ4v) is 2.94. The monoisotopic (exact) mass is 364 g/mol. The van der Waals surface area contributed by atoms with Crippen molar-refractivity contribution in [3.05, 3.63) is 63.9 Å². The number of halogens is 2. The maximum absolute atomic E-state index is 6.34. The summed E-state index contributed by atoms with van der Waals surface area (Å²) in [6, 6.07) is 9.17. The maximum atomic E-state index is 6.34. The van der Waals surface area contributed by atoms with E-state index in [1.54, 1.807) is 24.5 Å². The molecular weight excluding hydrogens is 347 g/mol. The van der Waals surface area contributed by atoms with E-state index >= 15 is 0 Å². The van der Waals surface area contributed by atoms with Gasteiger partial charge in [0.05, 0.1) is 10.7 Å². The zero-order chi connectivity index (χ0) is 16.8. The number of hydroxylamine groups is 1.